The van der Waals surface area contributed by atoms with Crippen molar-refractivity contribution in [3.63, 3.8) is 0 Å². The molecule has 0 radical (unpaired) electrons. The highest BCUT2D eigenvalue weighted by Gasteiger charge is 2.20. The first-order valence-electron chi connectivity index (χ1n) is 10.3. The zero-order valence-corrected chi connectivity index (χ0v) is 17.2. The number of morpholine rings is 2. The van der Waals surface area contributed by atoms with Crippen LogP contribution in [0.4, 0.5) is 17.1 Å². The van der Waals surface area contributed by atoms with Crippen molar-refractivity contribution in [2.24, 2.45) is 0 Å². The Morgan fingerprint density at radius 3 is 2.03 bits per heavy atom. The lowest BCUT2D eigenvalue weighted by Gasteiger charge is -2.33. The average molecular weight is 396 g/mol. The molecular formula is C23H29N3O3. The van der Waals surface area contributed by atoms with Gasteiger partial charge >= 0.3 is 0 Å². The van der Waals surface area contributed by atoms with Crippen LogP contribution in [0, 0.1) is 13.8 Å². The number of hydrogen-bond donors (Lipinski definition) is 1. The van der Waals surface area contributed by atoms with Crippen molar-refractivity contribution in [1.29, 1.82) is 0 Å². The molecule has 0 atom stereocenters. The number of nitrogens with one attached hydrogen (secondary N) is 1. The Morgan fingerprint density at radius 2 is 1.41 bits per heavy atom. The number of carbonyl (C=O) groups is 1. The van der Waals surface area contributed by atoms with Gasteiger partial charge in [0.15, 0.2) is 0 Å². The van der Waals surface area contributed by atoms with Crippen LogP contribution in [-0.4, -0.2) is 58.5 Å². The van der Waals surface area contributed by atoms with E-state index in [0.717, 1.165) is 61.9 Å². The Hall–Kier alpha value is -2.57. The number of benzene rings is 2. The summed E-state index contributed by atoms with van der Waals surface area (Å²) in [6.07, 6.45) is 0. The standard InChI is InChI=1S/C23H29N3O3/c1-17-13-18(2)15-19(14-17)23(27)24-21-4-3-20(25-5-9-28-10-6-25)16-22(21)26-7-11-29-12-8-26/h3-4,13-16H,5-12H2,1-2H3,(H,24,27). The second kappa shape index (κ2) is 8.84. The van der Waals surface area contributed by atoms with E-state index in [4.69, 9.17) is 9.47 Å². The van der Waals surface area contributed by atoms with Gasteiger partial charge in [-0.3, -0.25) is 4.79 Å². The number of amides is 1. The lowest BCUT2D eigenvalue weighted by atomic mass is 10.1. The minimum absolute atomic E-state index is 0.0783. The van der Waals surface area contributed by atoms with E-state index in [0.29, 0.717) is 18.8 Å². The highest BCUT2D eigenvalue weighted by atomic mass is 16.5. The third-order valence-electron chi connectivity index (χ3n) is 5.44. The number of aryl methyl sites for hydroxylation is 2. The Labute approximate surface area is 172 Å². The van der Waals surface area contributed by atoms with Crippen molar-refractivity contribution in [2.45, 2.75) is 13.8 Å². The Balaban J connectivity index is 1.62. The zero-order valence-electron chi connectivity index (χ0n) is 17.2. The smallest absolute Gasteiger partial charge is 0.255 e. The molecule has 2 fully saturated rings. The predicted octanol–water partition coefficient (Wildman–Crippen LogP) is 3.23. The minimum atomic E-state index is -0.0783. The summed E-state index contributed by atoms with van der Waals surface area (Å²) in [4.78, 5) is 17.6. The molecule has 2 heterocycles. The lowest BCUT2D eigenvalue weighted by molar-refractivity contribution is 0.102. The first-order chi connectivity index (χ1) is 14.1. The van der Waals surface area contributed by atoms with Gasteiger partial charge in [-0.2, -0.15) is 0 Å². The van der Waals surface area contributed by atoms with E-state index in [1.165, 1.54) is 5.69 Å². The van der Waals surface area contributed by atoms with Crippen LogP contribution in [0.2, 0.25) is 0 Å². The monoisotopic (exact) mass is 395 g/mol. The number of ether oxygens (including phenoxy) is 2. The maximum atomic E-state index is 13.0. The molecule has 6 nitrogen and oxygen atoms in total. The van der Waals surface area contributed by atoms with Crippen molar-refractivity contribution < 1.29 is 14.3 Å². The molecule has 2 aromatic carbocycles. The van der Waals surface area contributed by atoms with E-state index in [9.17, 15) is 4.79 Å². The average Bonchev–Trinajstić information content (AvgIpc) is 2.74. The van der Waals surface area contributed by atoms with Crippen molar-refractivity contribution >= 4 is 23.0 Å². The van der Waals surface area contributed by atoms with Crippen LogP contribution >= 0.6 is 0 Å². The third kappa shape index (κ3) is 4.71. The fourth-order valence-corrected chi connectivity index (χ4v) is 4.01. The van der Waals surface area contributed by atoms with E-state index < -0.39 is 0 Å². The summed E-state index contributed by atoms with van der Waals surface area (Å²) in [7, 11) is 0. The van der Waals surface area contributed by atoms with Crippen LogP contribution in [0.3, 0.4) is 0 Å². The lowest BCUT2D eigenvalue weighted by Crippen LogP contribution is -2.38. The highest BCUT2D eigenvalue weighted by Crippen LogP contribution is 2.32. The molecule has 154 valence electrons. The molecule has 2 aliphatic heterocycles. The normalized spacial score (nSPS) is 17.3. The van der Waals surface area contributed by atoms with Gasteiger partial charge in [0.1, 0.15) is 0 Å². The van der Waals surface area contributed by atoms with Crippen LogP contribution in [0.25, 0.3) is 0 Å². The first-order valence-corrected chi connectivity index (χ1v) is 10.3. The number of carbonyl (C=O) groups excluding carboxylic acids is 1. The SMILES string of the molecule is Cc1cc(C)cc(C(=O)Nc2ccc(N3CCOCC3)cc2N2CCOCC2)c1. The third-order valence-corrected chi connectivity index (χ3v) is 5.44. The van der Waals surface area contributed by atoms with Crippen LogP contribution in [-0.2, 0) is 9.47 Å². The Bertz CT molecular complexity index is 851. The first kappa shape index (κ1) is 19.7. The van der Waals surface area contributed by atoms with Crippen LogP contribution < -0.4 is 15.1 Å². The fourth-order valence-electron chi connectivity index (χ4n) is 4.01. The summed E-state index contributed by atoms with van der Waals surface area (Å²) < 4.78 is 11.0. The number of rotatable bonds is 4. The van der Waals surface area contributed by atoms with Gasteiger partial charge in [0.25, 0.3) is 5.91 Å². The molecule has 6 heteroatoms. The predicted molar refractivity (Wildman–Crippen MR) is 116 cm³/mol. The van der Waals surface area contributed by atoms with Gasteiger partial charge < -0.3 is 24.6 Å². The second-order valence-electron chi connectivity index (χ2n) is 7.73. The Morgan fingerprint density at radius 1 is 0.828 bits per heavy atom. The maximum Gasteiger partial charge on any atom is 0.255 e. The van der Waals surface area contributed by atoms with E-state index in [1.807, 2.05) is 32.0 Å². The number of anilines is 3. The molecular weight excluding hydrogens is 366 g/mol. The molecule has 0 spiro atoms. The summed E-state index contributed by atoms with van der Waals surface area (Å²) in [5.41, 5.74) is 5.92. The molecule has 4 rings (SSSR count). The molecule has 0 aromatic heterocycles. The van der Waals surface area contributed by atoms with Crippen LogP contribution in [0.15, 0.2) is 36.4 Å². The van der Waals surface area contributed by atoms with Gasteiger partial charge in [-0.1, -0.05) is 17.2 Å². The molecule has 1 N–H and O–H groups in total. The fraction of sp³-hybridized carbons (Fsp3) is 0.435. The van der Waals surface area contributed by atoms with Crippen LogP contribution in [0.5, 0.6) is 0 Å². The highest BCUT2D eigenvalue weighted by molar-refractivity contribution is 6.06. The molecule has 0 unspecified atom stereocenters. The van der Waals surface area contributed by atoms with Crippen molar-refractivity contribution in [1.82, 2.24) is 0 Å². The van der Waals surface area contributed by atoms with E-state index in [-0.39, 0.29) is 5.91 Å². The van der Waals surface area contributed by atoms with Gasteiger partial charge in [-0.25, -0.2) is 0 Å². The van der Waals surface area contributed by atoms with Gasteiger partial charge in [0, 0.05) is 37.4 Å². The Kier molecular flexibility index (Phi) is 6.02. The summed E-state index contributed by atoms with van der Waals surface area (Å²) >= 11 is 0. The van der Waals surface area contributed by atoms with E-state index >= 15 is 0 Å². The van der Waals surface area contributed by atoms with Crippen molar-refractivity contribution in [3.05, 3.63) is 53.1 Å². The topological polar surface area (TPSA) is 54.0 Å². The summed E-state index contributed by atoms with van der Waals surface area (Å²) in [6.45, 7) is 10.3. The van der Waals surface area contributed by atoms with E-state index in [2.05, 4.69) is 33.3 Å². The van der Waals surface area contributed by atoms with Gasteiger partial charge in [-0.15, -0.1) is 0 Å². The summed E-state index contributed by atoms with van der Waals surface area (Å²) in [5.74, 6) is -0.0783. The van der Waals surface area contributed by atoms with Crippen molar-refractivity contribution in [2.75, 3.05) is 67.7 Å². The maximum absolute atomic E-state index is 13.0. The van der Waals surface area contributed by atoms with Gasteiger partial charge in [0.05, 0.1) is 37.8 Å². The second-order valence-corrected chi connectivity index (χ2v) is 7.73. The molecule has 0 aliphatic carbocycles. The van der Waals surface area contributed by atoms with Gasteiger partial charge in [-0.05, 0) is 44.2 Å². The molecule has 2 aliphatic rings. The molecule has 0 saturated carbocycles. The largest absolute Gasteiger partial charge is 0.378 e. The molecule has 1 amide bonds. The van der Waals surface area contributed by atoms with Crippen molar-refractivity contribution in [3.8, 4) is 0 Å². The molecule has 2 aromatic rings. The number of nitrogens with zero attached hydrogens (tertiary/aromatic N) is 2. The zero-order chi connectivity index (χ0) is 20.2. The van der Waals surface area contributed by atoms with E-state index in [1.54, 1.807) is 0 Å². The minimum Gasteiger partial charge on any atom is -0.378 e. The van der Waals surface area contributed by atoms with Gasteiger partial charge in [0.2, 0.25) is 0 Å². The molecule has 2 saturated heterocycles. The summed E-state index contributed by atoms with van der Waals surface area (Å²) in [5, 5.41) is 3.14. The summed E-state index contributed by atoms with van der Waals surface area (Å²) in [6, 6.07) is 12.2. The van der Waals surface area contributed by atoms with Crippen LogP contribution in [0.1, 0.15) is 21.5 Å². The molecule has 0 bridgehead atoms. The number of hydrogen-bond acceptors (Lipinski definition) is 5. The molecule has 29 heavy (non-hydrogen) atoms. The quantitative estimate of drug-likeness (QED) is 0.861.